The van der Waals surface area contributed by atoms with E-state index in [1.807, 2.05) is 13.0 Å². The largest absolute Gasteiger partial charge is 0.494 e. The molecule has 1 atom stereocenters. The van der Waals surface area contributed by atoms with Crippen molar-refractivity contribution in [1.82, 2.24) is 0 Å². The maximum Gasteiger partial charge on any atom is 0.265 e. The van der Waals surface area contributed by atoms with E-state index in [9.17, 15) is 4.79 Å². The molecule has 0 fully saturated rings. The number of nitrogens with zero attached hydrogens (tertiary/aromatic N) is 1. The molecule has 2 aromatic rings. The van der Waals surface area contributed by atoms with E-state index in [0.717, 1.165) is 5.75 Å². The summed E-state index contributed by atoms with van der Waals surface area (Å²) in [6, 6.07) is 16.0. The zero-order valence-electron chi connectivity index (χ0n) is 13.1. The van der Waals surface area contributed by atoms with Crippen LogP contribution < -0.4 is 14.8 Å². The summed E-state index contributed by atoms with van der Waals surface area (Å²) in [5, 5.41) is 11.8. The molecule has 118 valence electrons. The van der Waals surface area contributed by atoms with Gasteiger partial charge in [-0.15, -0.1) is 0 Å². The molecule has 0 saturated carbocycles. The number of nitrogens with one attached hydrogen (secondary N) is 1. The van der Waals surface area contributed by atoms with E-state index >= 15 is 0 Å². The van der Waals surface area contributed by atoms with E-state index in [4.69, 9.17) is 14.7 Å². The van der Waals surface area contributed by atoms with Crippen LogP contribution in [0.3, 0.4) is 0 Å². The van der Waals surface area contributed by atoms with Crippen molar-refractivity contribution >= 4 is 11.6 Å². The highest BCUT2D eigenvalue weighted by atomic mass is 16.5. The quantitative estimate of drug-likeness (QED) is 0.888. The van der Waals surface area contributed by atoms with Crippen LogP contribution in [0.25, 0.3) is 0 Å². The first-order valence-corrected chi connectivity index (χ1v) is 7.33. The van der Waals surface area contributed by atoms with Gasteiger partial charge in [-0.2, -0.15) is 5.26 Å². The number of hydrogen-bond donors (Lipinski definition) is 1. The number of carbonyl (C=O) groups excluding carboxylic acids is 1. The smallest absolute Gasteiger partial charge is 0.265 e. The third-order valence-electron chi connectivity index (χ3n) is 3.11. The Morgan fingerprint density at radius 1 is 1.22 bits per heavy atom. The highest BCUT2D eigenvalue weighted by Gasteiger charge is 2.16. The van der Waals surface area contributed by atoms with Gasteiger partial charge in [-0.25, -0.2) is 0 Å². The highest BCUT2D eigenvalue weighted by molar-refractivity contribution is 5.94. The van der Waals surface area contributed by atoms with Crippen LogP contribution in [0.15, 0.2) is 48.5 Å². The number of carbonyl (C=O) groups is 1. The average molecular weight is 310 g/mol. The highest BCUT2D eigenvalue weighted by Crippen LogP contribution is 2.19. The molecule has 0 bridgehead atoms. The Balaban J connectivity index is 1.98. The molecule has 2 aromatic carbocycles. The van der Waals surface area contributed by atoms with E-state index in [0.29, 0.717) is 23.6 Å². The molecular formula is C18H18N2O3. The second-order valence-electron chi connectivity index (χ2n) is 4.81. The lowest BCUT2D eigenvalue weighted by atomic mass is 10.2. The third kappa shape index (κ3) is 4.48. The van der Waals surface area contributed by atoms with E-state index in [1.54, 1.807) is 55.5 Å². The Morgan fingerprint density at radius 2 is 1.91 bits per heavy atom. The van der Waals surface area contributed by atoms with Gasteiger partial charge in [-0.1, -0.05) is 12.1 Å². The normalized spacial score (nSPS) is 11.2. The predicted octanol–water partition coefficient (Wildman–Crippen LogP) is 3.36. The molecule has 0 heterocycles. The van der Waals surface area contributed by atoms with Crippen LogP contribution in [0.5, 0.6) is 11.5 Å². The molecule has 0 aliphatic rings. The van der Waals surface area contributed by atoms with Gasteiger partial charge in [0, 0.05) is 5.69 Å². The molecule has 1 amide bonds. The zero-order valence-corrected chi connectivity index (χ0v) is 13.1. The van der Waals surface area contributed by atoms with Crippen molar-refractivity contribution in [3.8, 4) is 17.6 Å². The van der Waals surface area contributed by atoms with Crippen LogP contribution in [-0.2, 0) is 4.79 Å². The lowest BCUT2D eigenvalue weighted by Gasteiger charge is -2.15. The van der Waals surface area contributed by atoms with Crippen molar-refractivity contribution in [2.24, 2.45) is 0 Å². The lowest BCUT2D eigenvalue weighted by molar-refractivity contribution is -0.122. The molecule has 0 aromatic heterocycles. The van der Waals surface area contributed by atoms with E-state index in [1.165, 1.54) is 0 Å². The molecule has 1 N–H and O–H groups in total. The second-order valence-corrected chi connectivity index (χ2v) is 4.81. The molecule has 0 spiro atoms. The summed E-state index contributed by atoms with van der Waals surface area (Å²) in [6.07, 6.45) is -0.726. The summed E-state index contributed by atoms with van der Waals surface area (Å²) in [5.41, 5.74) is 1.05. The lowest BCUT2D eigenvalue weighted by Crippen LogP contribution is -2.30. The molecule has 5 heteroatoms. The van der Waals surface area contributed by atoms with Crippen molar-refractivity contribution in [2.45, 2.75) is 20.0 Å². The Labute approximate surface area is 135 Å². The first kappa shape index (κ1) is 16.4. The maximum atomic E-state index is 12.2. The Bertz CT molecular complexity index is 705. The van der Waals surface area contributed by atoms with Crippen molar-refractivity contribution < 1.29 is 14.3 Å². The van der Waals surface area contributed by atoms with Gasteiger partial charge in [-0.05, 0) is 50.2 Å². The Kier molecular flexibility index (Phi) is 5.59. The number of para-hydroxylation sites is 1. The standard InChI is InChI=1S/C18H18N2O3/c1-3-22-16-10-8-15(9-11-16)20-18(21)13(2)23-17-7-5-4-6-14(17)12-19/h4-11,13H,3H2,1-2H3,(H,20,21). The number of amides is 1. The van der Waals surface area contributed by atoms with Crippen LogP contribution in [0.1, 0.15) is 19.4 Å². The first-order valence-electron chi connectivity index (χ1n) is 7.33. The van der Waals surface area contributed by atoms with Gasteiger partial charge < -0.3 is 14.8 Å². The minimum absolute atomic E-state index is 0.290. The van der Waals surface area contributed by atoms with Crippen molar-refractivity contribution in [1.29, 1.82) is 5.26 Å². The van der Waals surface area contributed by atoms with Crippen LogP contribution in [0.4, 0.5) is 5.69 Å². The van der Waals surface area contributed by atoms with Crippen LogP contribution in [0, 0.1) is 11.3 Å². The summed E-state index contributed by atoms with van der Waals surface area (Å²) in [4.78, 5) is 12.2. The fourth-order valence-corrected chi connectivity index (χ4v) is 1.95. The molecular weight excluding hydrogens is 292 g/mol. The van der Waals surface area contributed by atoms with Gasteiger partial charge in [-0.3, -0.25) is 4.79 Å². The van der Waals surface area contributed by atoms with Crippen molar-refractivity contribution in [3.05, 3.63) is 54.1 Å². The van der Waals surface area contributed by atoms with E-state index in [2.05, 4.69) is 5.32 Å². The first-order chi connectivity index (χ1) is 11.1. The molecule has 0 aliphatic carbocycles. The molecule has 1 unspecified atom stereocenters. The number of hydrogen-bond acceptors (Lipinski definition) is 4. The summed E-state index contributed by atoms with van der Waals surface area (Å²) >= 11 is 0. The monoisotopic (exact) mass is 310 g/mol. The molecule has 0 radical (unpaired) electrons. The summed E-state index contributed by atoms with van der Waals surface area (Å²) < 4.78 is 10.9. The number of benzene rings is 2. The number of anilines is 1. The summed E-state index contributed by atoms with van der Waals surface area (Å²) in [6.45, 7) is 4.14. The van der Waals surface area contributed by atoms with Crippen molar-refractivity contribution in [3.63, 3.8) is 0 Å². The zero-order chi connectivity index (χ0) is 16.7. The summed E-state index contributed by atoms with van der Waals surface area (Å²) in [5.74, 6) is 0.851. The Morgan fingerprint density at radius 3 is 2.57 bits per heavy atom. The molecule has 2 rings (SSSR count). The predicted molar refractivity (Wildman–Crippen MR) is 87.5 cm³/mol. The van der Waals surface area contributed by atoms with Gasteiger partial charge in [0.25, 0.3) is 5.91 Å². The Hall–Kier alpha value is -3.00. The third-order valence-corrected chi connectivity index (χ3v) is 3.11. The van der Waals surface area contributed by atoms with Crippen LogP contribution in [-0.4, -0.2) is 18.6 Å². The van der Waals surface area contributed by atoms with Gasteiger partial charge in [0.1, 0.15) is 17.6 Å². The number of ether oxygens (including phenoxy) is 2. The second kappa shape index (κ2) is 7.85. The fraction of sp³-hybridized carbons (Fsp3) is 0.222. The summed E-state index contributed by atoms with van der Waals surface area (Å²) in [7, 11) is 0. The molecule has 0 saturated heterocycles. The molecule has 23 heavy (non-hydrogen) atoms. The van der Waals surface area contributed by atoms with Gasteiger partial charge in [0.15, 0.2) is 6.10 Å². The average Bonchev–Trinajstić information content (AvgIpc) is 2.57. The molecule has 5 nitrogen and oxygen atoms in total. The topological polar surface area (TPSA) is 71.3 Å². The van der Waals surface area contributed by atoms with Gasteiger partial charge in [0.2, 0.25) is 0 Å². The minimum Gasteiger partial charge on any atom is -0.494 e. The van der Waals surface area contributed by atoms with Crippen LogP contribution in [0.2, 0.25) is 0 Å². The fourth-order valence-electron chi connectivity index (χ4n) is 1.95. The van der Waals surface area contributed by atoms with Crippen molar-refractivity contribution in [2.75, 3.05) is 11.9 Å². The van der Waals surface area contributed by atoms with Gasteiger partial charge >= 0.3 is 0 Å². The van der Waals surface area contributed by atoms with Gasteiger partial charge in [0.05, 0.1) is 12.2 Å². The minimum atomic E-state index is -0.726. The maximum absolute atomic E-state index is 12.2. The van der Waals surface area contributed by atoms with E-state index < -0.39 is 6.10 Å². The number of nitriles is 1. The molecule has 0 aliphatic heterocycles. The SMILES string of the molecule is CCOc1ccc(NC(=O)C(C)Oc2ccccc2C#N)cc1. The van der Waals surface area contributed by atoms with E-state index in [-0.39, 0.29) is 5.91 Å². The number of rotatable bonds is 6. The van der Waals surface area contributed by atoms with Crippen LogP contribution >= 0.6 is 0 Å².